The third-order valence-corrected chi connectivity index (χ3v) is 2.54. The van der Waals surface area contributed by atoms with E-state index < -0.39 is 0 Å². The zero-order valence-electron chi connectivity index (χ0n) is 8.79. The lowest BCUT2D eigenvalue weighted by molar-refractivity contribution is -0.133. The van der Waals surface area contributed by atoms with E-state index in [1.807, 2.05) is 11.8 Å². The van der Waals surface area contributed by atoms with Gasteiger partial charge in [0, 0.05) is 12.6 Å². The lowest BCUT2D eigenvalue weighted by Gasteiger charge is -2.24. The van der Waals surface area contributed by atoms with E-state index in [2.05, 4.69) is 11.4 Å². The van der Waals surface area contributed by atoms with Crippen LogP contribution in [0.3, 0.4) is 0 Å². The normalized spacial score (nSPS) is 17.2. The molecule has 0 aromatic heterocycles. The second-order valence-electron chi connectivity index (χ2n) is 3.68. The van der Waals surface area contributed by atoms with Gasteiger partial charge in [0.1, 0.15) is 0 Å². The van der Waals surface area contributed by atoms with Crippen molar-refractivity contribution >= 4 is 5.91 Å². The highest BCUT2D eigenvalue weighted by atomic mass is 16.2. The molecule has 1 saturated carbocycles. The Morgan fingerprint density at radius 2 is 2.36 bits per heavy atom. The molecular weight excluding hydrogens is 178 g/mol. The van der Waals surface area contributed by atoms with Crippen LogP contribution in [-0.2, 0) is 4.79 Å². The number of carbonyl (C=O) groups excluding carboxylic acids is 1. The van der Waals surface area contributed by atoms with E-state index in [0.717, 1.165) is 12.8 Å². The molecule has 78 valence electrons. The van der Waals surface area contributed by atoms with E-state index in [1.54, 1.807) is 7.05 Å². The summed E-state index contributed by atoms with van der Waals surface area (Å²) in [5, 5.41) is 11.4. The summed E-state index contributed by atoms with van der Waals surface area (Å²) in [4.78, 5) is 13.7. The second-order valence-corrected chi connectivity index (χ2v) is 3.68. The van der Waals surface area contributed by atoms with Crippen LogP contribution in [0.15, 0.2) is 0 Å². The summed E-state index contributed by atoms with van der Waals surface area (Å²) >= 11 is 0. The molecule has 1 atom stereocenters. The summed E-state index contributed by atoms with van der Waals surface area (Å²) < 4.78 is 0. The smallest absolute Gasteiger partial charge is 0.239 e. The lowest BCUT2D eigenvalue weighted by atomic mass is 10.2. The molecule has 0 aromatic carbocycles. The molecule has 0 spiro atoms. The molecule has 0 heterocycles. The van der Waals surface area contributed by atoms with Gasteiger partial charge in [0.2, 0.25) is 5.91 Å². The predicted octanol–water partition coefficient (Wildman–Crippen LogP) is 0.499. The number of nitriles is 1. The summed E-state index contributed by atoms with van der Waals surface area (Å²) in [6.45, 7) is 2.43. The number of nitrogens with one attached hydrogen (secondary N) is 1. The quantitative estimate of drug-likeness (QED) is 0.695. The first-order valence-electron chi connectivity index (χ1n) is 5.05. The van der Waals surface area contributed by atoms with Gasteiger partial charge in [0.15, 0.2) is 0 Å². The van der Waals surface area contributed by atoms with Gasteiger partial charge < -0.3 is 10.2 Å². The summed E-state index contributed by atoms with van der Waals surface area (Å²) in [6, 6.07) is 2.33. The topological polar surface area (TPSA) is 56.1 Å². The van der Waals surface area contributed by atoms with Crippen LogP contribution in [0.5, 0.6) is 0 Å². The lowest BCUT2D eigenvalue weighted by Crippen LogP contribution is -2.45. The molecule has 0 aromatic rings. The maximum atomic E-state index is 11.8. The molecule has 1 unspecified atom stereocenters. The Kier molecular flexibility index (Phi) is 3.90. The Balaban J connectivity index is 2.49. The van der Waals surface area contributed by atoms with Crippen molar-refractivity contribution in [2.75, 3.05) is 13.6 Å². The van der Waals surface area contributed by atoms with Crippen molar-refractivity contribution in [3.05, 3.63) is 0 Å². The largest absolute Gasteiger partial charge is 0.337 e. The second kappa shape index (κ2) is 4.97. The molecule has 1 fully saturated rings. The fraction of sp³-hybridized carbons (Fsp3) is 0.800. The van der Waals surface area contributed by atoms with Gasteiger partial charge >= 0.3 is 0 Å². The van der Waals surface area contributed by atoms with Crippen molar-refractivity contribution in [3.63, 3.8) is 0 Å². The molecule has 0 bridgehead atoms. The fourth-order valence-corrected chi connectivity index (χ4v) is 1.40. The molecule has 14 heavy (non-hydrogen) atoms. The fourth-order valence-electron chi connectivity index (χ4n) is 1.40. The van der Waals surface area contributed by atoms with Crippen LogP contribution < -0.4 is 5.32 Å². The summed E-state index contributed by atoms with van der Waals surface area (Å²) in [5.74, 6) is 0.116. The van der Waals surface area contributed by atoms with Crippen LogP contribution in [0.2, 0.25) is 0 Å². The summed E-state index contributed by atoms with van der Waals surface area (Å²) in [5.41, 5.74) is 0. The van der Waals surface area contributed by atoms with Crippen LogP contribution in [0, 0.1) is 11.3 Å². The van der Waals surface area contributed by atoms with Gasteiger partial charge in [0.25, 0.3) is 0 Å². The Bertz CT molecular complexity index is 242. The van der Waals surface area contributed by atoms with E-state index in [0.29, 0.717) is 19.0 Å². The number of rotatable bonds is 5. The number of hydrogen-bond donors (Lipinski definition) is 1. The summed E-state index contributed by atoms with van der Waals surface area (Å²) in [7, 11) is 1.78. The van der Waals surface area contributed by atoms with E-state index in [-0.39, 0.29) is 11.9 Å². The maximum absolute atomic E-state index is 11.8. The maximum Gasteiger partial charge on any atom is 0.239 e. The Hall–Kier alpha value is -1.08. The predicted molar refractivity (Wildman–Crippen MR) is 53.5 cm³/mol. The van der Waals surface area contributed by atoms with Crippen molar-refractivity contribution in [1.82, 2.24) is 10.2 Å². The minimum atomic E-state index is -0.144. The SMILES string of the molecule is CNC(C)C(=O)N(CCC#N)C1CC1. The number of amides is 1. The molecule has 1 aliphatic carbocycles. The first-order valence-corrected chi connectivity index (χ1v) is 5.05. The summed E-state index contributed by atoms with van der Waals surface area (Å²) in [6.07, 6.45) is 2.61. The van der Waals surface area contributed by atoms with E-state index in [4.69, 9.17) is 5.26 Å². The van der Waals surface area contributed by atoms with E-state index in [1.165, 1.54) is 0 Å². The first-order chi connectivity index (χ1) is 6.70. The van der Waals surface area contributed by atoms with Crippen LogP contribution in [0.25, 0.3) is 0 Å². The minimum absolute atomic E-state index is 0.116. The van der Waals surface area contributed by atoms with Gasteiger partial charge in [-0.2, -0.15) is 5.26 Å². The number of carbonyl (C=O) groups is 1. The number of nitrogens with zero attached hydrogens (tertiary/aromatic N) is 2. The zero-order chi connectivity index (χ0) is 10.6. The molecule has 0 aliphatic heterocycles. The molecule has 4 heteroatoms. The third kappa shape index (κ3) is 2.71. The molecule has 1 rings (SSSR count). The van der Waals surface area contributed by atoms with Gasteiger partial charge in [-0.3, -0.25) is 4.79 Å². The zero-order valence-corrected chi connectivity index (χ0v) is 8.79. The molecule has 0 radical (unpaired) electrons. The standard InChI is InChI=1S/C10H17N3O/c1-8(12-2)10(14)13(7-3-6-11)9-4-5-9/h8-9,12H,3-5,7H2,1-2H3. The Labute approximate surface area is 84.9 Å². The van der Waals surface area contributed by atoms with Crippen molar-refractivity contribution in [3.8, 4) is 6.07 Å². The van der Waals surface area contributed by atoms with Crippen molar-refractivity contribution in [2.24, 2.45) is 0 Å². The van der Waals surface area contributed by atoms with Crippen molar-refractivity contribution < 1.29 is 4.79 Å². The highest BCUT2D eigenvalue weighted by molar-refractivity contribution is 5.82. The van der Waals surface area contributed by atoms with Crippen LogP contribution in [-0.4, -0.2) is 36.5 Å². The van der Waals surface area contributed by atoms with Gasteiger partial charge in [-0.05, 0) is 26.8 Å². The van der Waals surface area contributed by atoms with Crippen molar-refractivity contribution in [1.29, 1.82) is 5.26 Å². The van der Waals surface area contributed by atoms with E-state index >= 15 is 0 Å². The molecule has 1 N–H and O–H groups in total. The van der Waals surface area contributed by atoms with Crippen molar-refractivity contribution in [2.45, 2.75) is 38.3 Å². The van der Waals surface area contributed by atoms with Gasteiger partial charge in [-0.25, -0.2) is 0 Å². The van der Waals surface area contributed by atoms with Crippen LogP contribution in [0.4, 0.5) is 0 Å². The van der Waals surface area contributed by atoms with Gasteiger partial charge in [-0.15, -0.1) is 0 Å². The first kappa shape index (κ1) is 11.0. The third-order valence-electron chi connectivity index (χ3n) is 2.54. The van der Waals surface area contributed by atoms with Gasteiger partial charge in [0.05, 0.1) is 18.5 Å². The highest BCUT2D eigenvalue weighted by Gasteiger charge is 2.33. The Morgan fingerprint density at radius 1 is 1.71 bits per heavy atom. The molecular formula is C10H17N3O. The van der Waals surface area contributed by atoms with Gasteiger partial charge in [-0.1, -0.05) is 0 Å². The van der Waals surface area contributed by atoms with Crippen LogP contribution in [0.1, 0.15) is 26.2 Å². The molecule has 4 nitrogen and oxygen atoms in total. The molecule has 0 saturated heterocycles. The molecule has 1 amide bonds. The minimum Gasteiger partial charge on any atom is -0.337 e. The monoisotopic (exact) mass is 195 g/mol. The van der Waals surface area contributed by atoms with Crippen LogP contribution >= 0.6 is 0 Å². The number of likely N-dealkylation sites (N-methyl/N-ethyl adjacent to an activating group) is 1. The highest BCUT2D eigenvalue weighted by Crippen LogP contribution is 2.27. The Morgan fingerprint density at radius 3 is 2.79 bits per heavy atom. The number of hydrogen-bond acceptors (Lipinski definition) is 3. The average Bonchev–Trinajstić information content (AvgIpc) is 3.01. The molecule has 1 aliphatic rings. The van der Waals surface area contributed by atoms with E-state index in [9.17, 15) is 4.79 Å². The average molecular weight is 195 g/mol.